The van der Waals surface area contributed by atoms with Crippen molar-refractivity contribution in [3.8, 4) is 16.9 Å². The van der Waals surface area contributed by atoms with Gasteiger partial charge in [0.05, 0.1) is 30.1 Å². The number of carbonyl (C=O) groups is 1. The number of anilines is 1. The maximum absolute atomic E-state index is 13.8. The Bertz CT molecular complexity index is 1990. The lowest BCUT2D eigenvalue weighted by molar-refractivity contribution is 0.0512. The summed E-state index contributed by atoms with van der Waals surface area (Å²) in [6.07, 6.45) is 2.24. The number of esters is 1. The number of para-hydroxylation sites is 2. The molecular formula is C39H41BrN4O3. The van der Waals surface area contributed by atoms with Crippen LogP contribution in [0.2, 0.25) is 0 Å². The Labute approximate surface area is 284 Å². The fraction of sp³-hybridized carbons (Fsp3) is 0.282. The summed E-state index contributed by atoms with van der Waals surface area (Å²) in [5.74, 6) is 0.581. The molecule has 2 heterocycles. The van der Waals surface area contributed by atoms with Crippen molar-refractivity contribution in [1.82, 2.24) is 14.3 Å². The van der Waals surface area contributed by atoms with Crippen LogP contribution in [0.4, 0.5) is 5.69 Å². The summed E-state index contributed by atoms with van der Waals surface area (Å²) < 4.78 is 16.2. The maximum atomic E-state index is 13.8. The molecular weight excluding hydrogens is 652 g/mol. The van der Waals surface area contributed by atoms with Gasteiger partial charge in [-0.05, 0) is 62.3 Å². The minimum atomic E-state index is -0.292. The Morgan fingerprint density at radius 1 is 0.915 bits per heavy atom. The van der Waals surface area contributed by atoms with E-state index in [1.54, 1.807) is 0 Å². The molecule has 0 saturated carbocycles. The van der Waals surface area contributed by atoms with Crippen molar-refractivity contribution in [2.75, 3.05) is 25.1 Å². The normalized spacial score (nSPS) is 11.3. The first kappa shape index (κ1) is 32.4. The summed E-state index contributed by atoms with van der Waals surface area (Å²) in [6, 6.07) is 31.0. The number of rotatable bonds is 14. The van der Waals surface area contributed by atoms with Gasteiger partial charge < -0.3 is 19.4 Å². The molecule has 0 aliphatic heterocycles. The van der Waals surface area contributed by atoms with Crippen LogP contribution in [0, 0.1) is 6.92 Å². The summed E-state index contributed by atoms with van der Waals surface area (Å²) in [7, 11) is 1.98. The highest BCUT2D eigenvalue weighted by Gasteiger charge is 2.27. The minimum Gasteiger partial charge on any atom is -0.493 e. The number of nitrogens with zero attached hydrogens (tertiary/aromatic N) is 3. The number of benzene rings is 4. The number of fused-ring (bicyclic) bond motifs is 2. The average Bonchev–Trinajstić information content (AvgIpc) is 3.57. The van der Waals surface area contributed by atoms with Gasteiger partial charge in [-0.15, -0.1) is 0 Å². The second-order valence-electron chi connectivity index (χ2n) is 11.6. The molecule has 0 fully saturated rings. The van der Waals surface area contributed by atoms with E-state index in [0.717, 1.165) is 80.6 Å². The molecule has 8 heteroatoms. The smallest absolute Gasteiger partial charge is 0.355 e. The maximum Gasteiger partial charge on any atom is 0.355 e. The molecule has 6 rings (SSSR count). The number of alkyl halides is 1. The number of aromatic nitrogens is 3. The van der Waals surface area contributed by atoms with Gasteiger partial charge in [0.1, 0.15) is 11.4 Å². The van der Waals surface area contributed by atoms with Crippen LogP contribution in [-0.2, 0) is 30.1 Å². The van der Waals surface area contributed by atoms with Crippen LogP contribution in [0.25, 0.3) is 32.8 Å². The lowest BCUT2D eigenvalue weighted by Gasteiger charge is -2.15. The van der Waals surface area contributed by atoms with E-state index in [4.69, 9.17) is 14.6 Å². The predicted molar refractivity (Wildman–Crippen MR) is 195 cm³/mol. The van der Waals surface area contributed by atoms with Crippen molar-refractivity contribution in [2.45, 2.75) is 45.0 Å². The standard InChI is InChI=1S/C39H41BrN4O3/c1-4-46-39(45)38-32(21-12-25-47-35-22-10-15-28-14-8-9-18-30(28)35)31-19-11-20-33(36-27(2)42-43(3)34(36)26-40)37(31)44(38)24-13-23-41-29-16-6-5-7-17-29/h5-11,14-20,22,41H,4,12-13,21,23-26H2,1-3H3. The lowest BCUT2D eigenvalue weighted by atomic mass is 9.98. The highest BCUT2D eigenvalue weighted by molar-refractivity contribution is 9.08. The van der Waals surface area contributed by atoms with E-state index in [1.807, 2.05) is 61.1 Å². The molecule has 4 aromatic carbocycles. The largest absolute Gasteiger partial charge is 0.493 e. The number of aryl methyl sites for hydroxylation is 4. The third kappa shape index (κ3) is 6.79. The van der Waals surface area contributed by atoms with Gasteiger partial charge in [0, 0.05) is 53.1 Å². The third-order valence-electron chi connectivity index (χ3n) is 8.63. The van der Waals surface area contributed by atoms with Crippen LogP contribution in [-0.4, -0.2) is 40.1 Å². The van der Waals surface area contributed by atoms with Gasteiger partial charge in [-0.25, -0.2) is 4.79 Å². The van der Waals surface area contributed by atoms with E-state index >= 15 is 0 Å². The molecule has 0 bridgehead atoms. The molecule has 0 atom stereocenters. The van der Waals surface area contributed by atoms with Crippen LogP contribution in [0.15, 0.2) is 91.0 Å². The molecule has 7 nitrogen and oxygen atoms in total. The average molecular weight is 694 g/mol. The molecule has 0 saturated heterocycles. The van der Waals surface area contributed by atoms with E-state index in [2.05, 4.69) is 81.3 Å². The number of hydrogen-bond acceptors (Lipinski definition) is 5. The summed E-state index contributed by atoms with van der Waals surface area (Å²) in [4.78, 5) is 13.8. The summed E-state index contributed by atoms with van der Waals surface area (Å²) >= 11 is 3.70. The van der Waals surface area contributed by atoms with Gasteiger partial charge in [-0.1, -0.05) is 88.7 Å². The van der Waals surface area contributed by atoms with Crippen molar-refractivity contribution in [3.05, 3.63) is 114 Å². The van der Waals surface area contributed by atoms with Crippen molar-refractivity contribution in [3.63, 3.8) is 0 Å². The fourth-order valence-electron chi connectivity index (χ4n) is 6.58. The number of ether oxygens (including phenoxy) is 2. The SMILES string of the molecule is CCOC(=O)c1c(CCCOc2cccc3ccccc23)c2cccc(-c3c(C)nn(C)c3CBr)c2n1CCCNc1ccccc1. The summed E-state index contributed by atoms with van der Waals surface area (Å²) in [5.41, 5.74) is 7.96. The number of halogens is 1. The van der Waals surface area contributed by atoms with Gasteiger partial charge in [0.2, 0.25) is 0 Å². The first-order chi connectivity index (χ1) is 23.0. The summed E-state index contributed by atoms with van der Waals surface area (Å²) in [6.45, 7) is 6.16. The van der Waals surface area contributed by atoms with E-state index in [9.17, 15) is 4.79 Å². The molecule has 6 aromatic rings. The molecule has 0 amide bonds. The zero-order valence-corrected chi connectivity index (χ0v) is 28.8. The molecule has 2 aromatic heterocycles. The second kappa shape index (κ2) is 14.9. The van der Waals surface area contributed by atoms with Crippen molar-refractivity contribution < 1.29 is 14.3 Å². The molecule has 47 heavy (non-hydrogen) atoms. The molecule has 0 radical (unpaired) electrons. The van der Waals surface area contributed by atoms with Crippen LogP contribution >= 0.6 is 15.9 Å². The minimum absolute atomic E-state index is 0.292. The second-order valence-corrected chi connectivity index (χ2v) is 12.2. The monoisotopic (exact) mass is 692 g/mol. The highest BCUT2D eigenvalue weighted by atomic mass is 79.9. The molecule has 0 unspecified atom stereocenters. The van der Waals surface area contributed by atoms with Gasteiger partial charge in [0.15, 0.2) is 0 Å². The number of nitrogens with one attached hydrogen (secondary N) is 1. The Morgan fingerprint density at radius 3 is 2.47 bits per heavy atom. The highest BCUT2D eigenvalue weighted by Crippen LogP contribution is 2.39. The van der Waals surface area contributed by atoms with E-state index in [0.29, 0.717) is 37.2 Å². The fourth-order valence-corrected chi connectivity index (χ4v) is 7.22. The van der Waals surface area contributed by atoms with Crippen molar-refractivity contribution >= 4 is 49.3 Å². The quantitative estimate of drug-likeness (QED) is 0.0701. The van der Waals surface area contributed by atoms with E-state index < -0.39 is 0 Å². The van der Waals surface area contributed by atoms with Gasteiger partial charge in [-0.2, -0.15) is 5.10 Å². The van der Waals surface area contributed by atoms with Crippen LogP contribution in [0.3, 0.4) is 0 Å². The zero-order chi connectivity index (χ0) is 32.8. The number of carbonyl (C=O) groups excluding carboxylic acids is 1. The Kier molecular flexibility index (Phi) is 10.3. The van der Waals surface area contributed by atoms with Crippen molar-refractivity contribution in [2.24, 2.45) is 7.05 Å². The molecule has 0 spiro atoms. The van der Waals surface area contributed by atoms with Gasteiger partial charge >= 0.3 is 5.97 Å². The molecule has 1 N–H and O–H groups in total. The van der Waals surface area contributed by atoms with Crippen LogP contribution in [0.5, 0.6) is 5.75 Å². The summed E-state index contributed by atoms with van der Waals surface area (Å²) in [5, 5.41) is 12.3. The zero-order valence-electron chi connectivity index (χ0n) is 27.3. The molecule has 242 valence electrons. The predicted octanol–water partition coefficient (Wildman–Crippen LogP) is 9.09. The van der Waals surface area contributed by atoms with Gasteiger partial charge in [-0.3, -0.25) is 4.68 Å². The van der Waals surface area contributed by atoms with Crippen LogP contribution < -0.4 is 10.1 Å². The topological polar surface area (TPSA) is 70.3 Å². The number of hydrogen-bond donors (Lipinski definition) is 1. The van der Waals surface area contributed by atoms with Gasteiger partial charge in [0.25, 0.3) is 0 Å². The molecule has 0 aliphatic rings. The Hall–Kier alpha value is -4.56. The molecule has 0 aliphatic carbocycles. The van der Waals surface area contributed by atoms with E-state index in [1.165, 1.54) is 0 Å². The van der Waals surface area contributed by atoms with Crippen LogP contribution in [0.1, 0.15) is 47.2 Å². The first-order valence-corrected chi connectivity index (χ1v) is 17.4. The first-order valence-electron chi connectivity index (χ1n) is 16.3. The van der Waals surface area contributed by atoms with E-state index in [-0.39, 0.29) is 5.97 Å². The third-order valence-corrected chi connectivity index (χ3v) is 9.16. The van der Waals surface area contributed by atoms with Crippen molar-refractivity contribution in [1.29, 1.82) is 0 Å². The Balaban J connectivity index is 1.38. The Morgan fingerprint density at radius 2 is 1.66 bits per heavy atom. The lowest BCUT2D eigenvalue weighted by Crippen LogP contribution is -2.16.